The third-order valence-corrected chi connectivity index (χ3v) is 2.92. The first-order chi connectivity index (χ1) is 9.72. The molecule has 0 saturated carbocycles. The molecule has 10 heteroatoms. The smallest absolute Gasteiger partial charge is 0.399 e. The summed E-state index contributed by atoms with van der Waals surface area (Å²) in [7, 11) is 0. The third kappa shape index (κ3) is 3.25. The molecule has 0 aliphatic heterocycles. The number of nitrogens with two attached hydrogens (primary N) is 1. The van der Waals surface area contributed by atoms with Gasteiger partial charge < -0.3 is 5.73 Å². The first-order valence-corrected chi connectivity index (χ1v) is 5.77. The lowest BCUT2D eigenvalue weighted by molar-refractivity contribution is -0.396. The molecule has 2 N–H and O–H groups in total. The van der Waals surface area contributed by atoms with E-state index in [1.807, 2.05) is 0 Å². The van der Waals surface area contributed by atoms with Crippen LogP contribution in [-0.2, 0) is 6.42 Å². The van der Waals surface area contributed by atoms with Crippen molar-refractivity contribution < 1.29 is 39.5 Å². The summed E-state index contributed by atoms with van der Waals surface area (Å²) >= 11 is 0. The van der Waals surface area contributed by atoms with Crippen molar-refractivity contribution in [2.24, 2.45) is 0 Å². The molecule has 1 aromatic carbocycles. The van der Waals surface area contributed by atoms with Crippen LogP contribution >= 0.6 is 0 Å². The van der Waals surface area contributed by atoms with Crippen LogP contribution in [0.2, 0.25) is 0 Å². The van der Waals surface area contributed by atoms with Gasteiger partial charge in [0.25, 0.3) is 0 Å². The molecule has 0 unspecified atom stereocenters. The molecule has 0 bridgehead atoms. The summed E-state index contributed by atoms with van der Waals surface area (Å²) in [5, 5.41) is 0. The molecule has 0 spiro atoms. The van der Waals surface area contributed by atoms with Gasteiger partial charge in [-0.25, -0.2) is 0 Å². The van der Waals surface area contributed by atoms with E-state index in [1.54, 1.807) is 0 Å². The van der Waals surface area contributed by atoms with Gasteiger partial charge in [0.1, 0.15) is 0 Å². The van der Waals surface area contributed by atoms with Crippen molar-refractivity contribution >= 4 is 5.69 Å². The molecule has 0 radical (unpaired) electrons. The Hall–Kier alpha value is -1.61. The van der Waals surface area contributed by atoms with Gasteiger partial charge in [-0.05, 0) is 24.1 Å². The molecule has 22 heavy (non-hydrogen) atoms. The molecular formula is C12H10F9N. The minimum atomic E-state index is -6.84. The van der Waals surface area contributed by atoms with Crippen LogP contribution in [0.1, 0.15) is 12.0 Å². The van der Waals surface area contributed by atoms with Crippen molar-refractivity contribution in [3.8, 4) is 0 Å². The maximum atomic E-state index is 13.2. The van der Waals surface area contributed by atoms with Crippen LogP contribution in [0, 0.1) is 0 Å². The molecule has 0 fully saturated rings. The molecule has 126 valence electrons. The Morgan fingerprint density at radius 2 is 1.18 bits per heavy atom. The fourth-order valence-electron chi connectivity index (χ4n) is 1.55. The molecule has 0 aliphatic rings. The SMILES string of the molecule is Nc1ccc(CCC(F)(F)C(F)(F)C(F)(F)C(F)(F)F)cc1. The Morgan fingerprint density at radius 1 is 0.727 bits per heavy atom. The Balaban J connectivity index is 2.94. The second-order valence-corrected chi connectivity index (χ2v) is 4.59. The summed E-state index contributed by atoms with van der Waals surface area (Å²) in [6.07, 6.45) is -9.49. The van der Waals surface area contributed by atoms with Crippen LogP contribution in [0.4, 0.5) is 45.2 Å². The fraction of sp³-hybridized carbons (Fsp3) is 0.500. The maximum absolute atomic E-state index is 13.2. The average Bonchev–Trinajstić information content (AvgIpc) is 2.36. The number of rotatable bonds is 5. The summed E-state index contributed by atoms with van der Waals surface area (Å²) in [6, 6.07) is 4.84. The number of alkyl halides is 9. The van der Waals surface area contributed by atoms with Crippen LogP contribution in [-0.4, -0.2) is 23.9 Å². The van der Waals surface area contributed by atoms with Crippen LogP contribution in [0.25, 0.3) is 0 Å². The van der Waals surface area contributed by atoms with E-state index in [4.69, 9.17) is 5.73 Å². The molecule has 0 amide bonds. The number of hydrogen-bond donors (Lipinski definition) is 1. The topological polar surface area (TPSA) is 26.0 Å². The zero-order valence-corrected chi connectivity index (χ0v) is 10.7. The van der Waals surface area contributed by atoms with Crippen molar-refractivity contribution in [2.75, 3.05) is 5.73 Å². The van der Waals surface area contributed by atoms with Crippen molar-refractivity contribution in [3.63, 3.8) is 0 Å². The number of aryl methyl sites for hydroxylation is 1. The van der Waals surface area contributed by atoms with E-state index in [-0.39, 0.29) is 11.3 Å². The Morgan fingerprint density at radius 3 is 1.59 bits per heavy atom. The first-order valence-electron chi connectivity index (χ1n) is 5.77. The van der Waals surface area contributed by atoms with Gasteiger partial charge >= 0.3 is 23.9 Å². The molecule has 0 saturated heterocycles. The highest BCUT2D eigenvalue weighted by molar-refractivity contribution is 5.39. The van der Waals surface area contributed by atoms with E-state index in [0.29, 0.717) is 0 Å². The third-order valence-electron chi connectivity index (χ3n) is 2.92. The monoisotopic (exact) mass is 339 g/mol. The number of hydrogen-bond acceptors (Lipinski definition) is 1. The molecule has 0 atom stereocenters. The molecule has 0 heterocycles. The number of anilines is 1. The van der Waals surface area contributed by atoms with E-state index in [0.717, 1.165) is 0 Å². The average molecular weight is 339 g/mol. The molecule has 0 aromatic heterocycles. The summed E-state index contributed by atoms with van der Waals surface area (Å²) in [5.74, 6) is -19.0. The van der Waals surface area contributed by atoms with E-state index in [2.05, 4.69) is 0 Å². The zero-order chi connectivity index (χ0) is 17.4. The minimum Gasteiger partial charge on any atom is -0.399 e. The molecule has 1 nitrogen and oxygen atoms in total. The fourth-order valence-corrected chi connectivity index (χ4v) is 1.55. The van der Waals surface area contributed by atoms with Crippen molar-refractivity contribution in [2.45, 2.75) is 36.8 Å². The van der Waals surface area contributed by atoms with Gasteiger partial charge in [0.15, 0.2) is 0 Å². The predicted molar refractivity (Wildman–Crippen MR) is 60.1 cm³/mol. The maximum Gasteiger partial charge on any atom is 0.460 e. The van der Waals surface area contributed by atoms with E-state index < -0.39 is 36.8 Å². The van der Waals surface area contributed by atoms with Gasteiger partial charge in [0.05, 0.1) is 0 Å². The van der Waals surface area contributed by atoms with Crippen LogP contribution in [0.3, 0.4) is 0 Å². The van der Waals surface area contributed by atoms with Crippen molar-refractivity contribution in [1.82, 2.24) is 0 Å². The minimum absolute atomic E-state index is 0.0417. The lowest BCUT2D eigenvalue weighted by Gasteiger charge is -2.33. The molecular weight excluding hydrogens is 329 g/mol. The number of nitrogen functional groups attached to an aromatic ring is 1. The first kappa shape index (κ1) is 18.4. The predicted octanol–water partition coefficient (Wildman–Crippen LogP) is 4.67. The van der Waals surface area contributed by atoms with Crippen molar-refractivity contribution in [1.29, 1.82) is 0 Å². The summed E-state index contributed by atoms with van der Waals surface area (Å²) in [5.41, 5.74) is 5.57. The van der Waals surface area contributed by atoms with Gasteiger partial charge in [0.2, 0.25) is 0 Å². The van der Waals surface area contributed by atoms with Crippen molar-refractivity contribution in [3.05, 3.63) is 29.8 Å². The highest BCUT2D eigenvalue weighted by Gasteiger charge is 2.81. The standard InChI is InChI=1S/C12H10F9N/c13-9(14,6-5-7-1-3-8(22)4-2-7)10(15,16)11(17,18)12(19,20)21/h1-4H,5-6,22H2. The molecule has 1 aromatic rings. The van der Waals surface area contributed by atoms with Gasteiger partial charge in [-0.3, -0.25) is 0 Å². The number of halogens is 9. The Kier molecular flexibility index (Phi) is 4.65. The van der Waals surface area contributed by atoms with E-state index in [1.165, 1.54) is 24.3 Å². The number of benzene rings is 1. The Bertz CT molecular complexity index is 504. The second-order valence-electron chi connectivity index (χ2n) is 4.59. The Labute approximate surface area is 118 Å². The van der Waals surface area contributed by atoms with Gasteiger partial charge in [-0.15, -0.1) is 0 Å². The highest BCUT2D eigenvalue weighted by Crippen LogP contribution is 2.54. The largest absolute Gasteiger partial charge is 0.460 e. The van der Waals surface area contributed by atoms with E-state index >= 15 is 0 Å². The lowest BCUT2D eigenvalue weighted by atomic mass is 9.97. The highest BCUT2D eigenvalue weighted by atomic mass is 19.4. The normalized spacial score (nSPS) is 14.2. The zero-order valence-electron chi connectivity index (χ0n) is 10.7. The van der Waals surface area contributed by atoms with Crippen LogP contribution in [0.5, 0.6) is 0 Å². The van der Waals surface area contributed by atoms with Crippen LogP contribution < -0.4 is 5.73 Å². The lowest BCUT2D eigenvalue weighted by Crippen LogP contribution is -2.60. The van der Waals surface area contributed by atoms with Gasteiger partial charge in [-0.2, -0.15) is 39.5 Å². The summed E-state index contributed by atoms with van der Waals surface area (Å²) < 4.78 is 113. The molecule has 1 rings (SSSR count). The molecule has 0 aliphatic carbocycles. The van der Waals surface area contributed by atoms with Crippen LogP contribution in [0.15, 0.2) is 24.3 Å². The summed E-state index contributed by atoms with van der Waals surface area (Å²) in [4.78, 5) is 0. The van der Waals surface area contributed by atoms with Gasteiger partial charge in [-0.1, -0.05) is 12.1 Å². The second kappa shape index (κ2) is 5.54. The quantitative estimate of drug-likeness (QED) is 0.612. The summed E-state index contributed by atoms with van der Waals surface area (Å²) in [6.45, 7) is 0. The van der Waals surface area contributed by atoms with E-state index in [9.17, 15) is 39.5 Å². The van der Waals surface area contributed by atoms with Gasteiger partial charge in [0, 0.05) is 12.1 Å².